The Hall–Kier alpha value is -10.6. The van der Waals surface area contributed by atoms with Crippen LogP contribution in [0.3, 0.4) is 0 Å². The summed E-state index contributed by atoms with van der Waals surface area (Å²) in [5.41, 5.74) is 14.0. The molecular weight excluding hydrogens is 1100 g/mol. The molecule has 2 nitrogen and oxygen atoms in total. The quantitative estimate of drug-likeness (QED) is 0.109. The second kappa shape index (κ2) is 22.3. The summed E-state index contributed by atoms with van der Waals surface area (Å²) in [5.74, 6) is 0. The van der Waals surface area contributed by atoms with E-state index in [0.29, 0.717) is 0 Å². The van der Waals surface area contributed by atoms with Gasteiger partial charge in [0.05, 0.1) is 22.1 Å². The van der Waals surface area contributed by atoms with Crippen LogP contribution >= 0.6 is 20.1 Å². The zero-order valence-electron chi connectivity index (χ0n) is 48.4. The van der Waals surface area contributed by atoms with E-state index < -0.39 is 20.1 Å². The maximum absolute atomic E-state index is 2.51. The van der Waals surface area contributed by atoms with Gasteiger partial charge in [-0.25, -0.2) is 0 Å². The van der Waals surface area contributed by atoms with Crippen LogP contribution in [0.4, 0.5) is 0 Å². The third-order valence-corrected chi connectivity index (χ3v) is 25.3. The van der Waals surface area contributed by atoms with Gasteiger partial charge in [0, 0.05) is 72.1 Å². The van der Waals surface area contributed by atoms with E-state index in [4.69, 9.17) is 0 Å². The fraction of sp³-hybridized carbons (Fsp3) is 0. The monoisotopic (exact) mass is 1160 g/mol. The minimum absolute atomic E-state index is 1.12. The Bertz CT molecular complexity index is 4800. The van der Waals surface area contributed by atoms with Gasteiger partial charge in [-0.05, 0) is 185 Å². The highest BCUT2D eigenvalue weighted by molar-refractivity contribution is 8.34. The van der Waals surface area contributed by atoms with Crippen LogP contribution in [0.25, 0.3) is 88.4 Å². The molecule has 0 N–H and O–H groups in total. The molecule has 0 bridgehead atoms. The van der Waals surface area contributed by atoms with Crippen LogP contribution in [0, 0.1) is 0 Å². The van der Waals surface area contributed by atoms with Gasteiger partial charge >= 0.3 is 0 Å². The summed E-state index contributed by atoms with van der Waals surface area (Å²) in [5, 5.41) is 4.86. The van der Waals surface area contributed by atoms with Gasteiger partial charge in [-0.15, -0.1) is 20.1 Å². The topological polar surface area (TPSA) is 9.86 Å². The second-order valence-electron chi connectivity index (χ2n) is 22.4. The number of rotatable bonds is 13. The summed E-state index contributed by atoms with van der Waals surface area (Å²) in [6, 6.07) is 136. The second-order valence-corrected chi connectivity index (χ2v) is 28.6. The molecular formula is C84H60N2S2. The van der Waals surface area contributed by atoms with Crippen molar-refractivity contribution < 1.29 is 0 Å². The Labute approximate surface area is 517 Å². The maximum Gasteiger partial charge on any atom is 0.0542 e. The molecule has 0 saturated carbocycles. The molecule has 2 heterocycles. The fourth-order valence-corrected chi connectivity index (χ4v) is 21.6. The number of nitrogens with zero attached hydrogens (tertiary/aromatic N) is 2. The minimum Gasteiger partial charge on any atom is -0.309 e. The highest BCUT2D eigenvalue weighted by Crippen LogP contribution is 2.75. The molecule has 2 aromatic heterocycles. The van der Waals surface area contributed by atoms with Crippen molar-refractivity contribution in [2.45, 2.75) is 39.2 Å². The number of hydrogen-bond acceptors (Lipinski definition) is 0. The van der Waals surface area contributed by atoms with Gasteiger partial charge < -0.3 is 9.13 Å². The molecule has 0 saturated heterocycles. The summed E-state index contributed by atoms with van der Waals surface area (Å²) in [6.45, 7) is 0. The Morgan fingerprint density at radius 2 is 0.500 bits per heavy atom. The summed E-state index contributed by atoms with van der Waals surface area (Å²) in [6.07, 6.45) is 0. The van der Waals surface area contributed by atoms with E-state index in [9.17, 15) is 0 Å². The highest BCUT2D eigenvalue weighted by atomic mass is 32.3. The molecule has 16 aromatic rings. The molecule has 0 spiro atoms. The molecule has 0 aliphatic rings. The van der Waals surface area contributed by atoms with Crippen LogP contribution in [0.15, 0.2) is 403 Å². The largest absolute Gasteiger partial charge is 0.309 e. The smallest absolute Gasteiger partial charge is 0.0542 e. The Balaban J connectivity index is 0.949. The first-order chi connectivity index (χ1) is 43.7. The fourth-order valence-electron chi connectivity index (χ4n) is 13.8. The molecule has 14 aromatic carbocycles. The van der Waals surface area contributed by atoms with Crippen molar-refractivity contribution >= 4 is 63.7 Å². The van der Waals surface area contributed by atoms with Gasteiger partial charge in [-0.3, -0.25) is 0 Å². The molecule has 418 valence electrons. The Kier molecular flexibility index (Phi) is 13.4. The van der Waals surface area contributed by atoms with Gasteiger partial charge in [0.25, 0.3) is 0 Å². The van der Waals surface area contributed by atoms with Crippen LogP contribution in [-0.2, 0) is 0 Å². The van der Waals surface area contributed by atoms with Crippen molar-refractivity contribution in [1.29, 1.82) is 0 Å². The molecule has 16 rings (SSSR count). The van der Waals surface area contributed by atoms with Crippen molar-refractivity contribution in [2.24, 2.45) is 0 Å². The molecule has 0 aliphatic heterocycles. The van der Waals surface area contributed by atoms with Gasteiger partial charge in [0.15, 0.2) is 0 Å². The zero-order chi connectivity index (χ0) is 58.4. The molecule has 0 unspecified atom stereocenters. The lowest BCUT2D eigenvalue weighted by Gasteiger charge is -2.42. The van der Waals surface area contributed by atoms with E-state index in [2.05, 4.69) is 373 Å². The predicted molar refractivity (Wildman–Crippen MR) is 371 cm³/mol. The Morgan fingerprint density at radius 1 is 0.182 bits per heavy atom. The van der Waals surface area contributed by atoms with Crippen LogP contribution in [0.5, 0.6) is 0 Å². The van der Waals surface area contributed by atoms with E-state index >= 15 is 0 Å². The lowest BCUT2D eigenvalue weighted by Crippen LogP contribution is -2.05. The van der Waals surface area contributed by atoms with Crippen molar-refractivity contribution in [3.05, 3.63) is 364 Å². The van der Waals surface area contributed by atoms with E-state index in [1.165, 1.54) is 93.9 Å². The third-order valence-electron chi connectivity index (χ3n) is 17.5. The van der Waals surface area contributed by atoms with Crippen molar-refractivity contribution in [3.63, 3.8) is 0 Å². The zero-order valence-corrected chi connectivity index (χ0v) is 50.0. The van der Waals surface area contributed by atoms with Crippen molar-refractivity contribution in [3.8, 4) is 44.8 Å². The van der Waals surface area contributed by atoms with Gasteiger partial charge in [-0.1, -0.05) is 212 Å². The standard InChI is InChI=1S/C84H60N2S2/c1-8-31-64(32-9-1)85-80-51-24-23-48-77(80)79-60-65(54-56-83(79)85)86-81-52-25-22-47-76(81)78-59-63(53-55-82(78)86)84-74(61-29-26-45-72(57-61)87(66-33-10-2-11-34-66,67-35-12-3-13-36-67)68-37-14-4-15-38-68)49-28-50-75(84)62-30-27-46-73(58-62)88(69-39-16-5-17-40-69,70-41-18-6-19-42-70)71-43-20-7-21-44-71/h1-60H. The van der Waals surface area contributed by atoms with Gasteiger partial charge in [0.2, 0.25) is 0 Å². The summed E-state index contributed by atoms with van der Waals surface area (Å²) in [7, 11) is -4.00. The predicted octanol–water partition coefficient (Wildman–Crippen LogP) is 23.6. The number of fused-ring (bicyclic) bond motifs is 6. The lowest BCUT2D eigenvalue weighted by atomic mass is 9.87. The van der Waals surface area contributed by atoms with Crippen molar-refractivity contribution in [2.75, 3.05) is 0 Å². The number of para-hydroxylation sites is 3. The van der Waals surface area contributed by atoms with E-state index in [1.54, 1.807) is 0 Å². The molecule has 0 atom stereocenters. The third kappa shape index (κ3) is 8.67. The number of benzene rings is 14. The highest BCUT2D eigenvalue weighted by Gasteiger charge is 2.35. The molecule has 0 amide bonds. The van der Waals surface area contributed by atoms with Crippen LogP contribution in [0.2, 0.25) is 0 Å². The Morgan fingerprint density at radius 3 is 0.920 bits per heavy atom. The summed E-state index contributed by atoms with van der Waals surface area (Å²) >= 11 is 0. The molecule has 4 heteroatoms. The summed E-state index contributed by atoms with van der Waals surface area (Å²) < 4.78 is 4.87. The number of hydrogen-bond donors (Lipinski definition) is 0. The van der Waals surface area contributed by atoms with Crippen LogP contribution in [-0.4, -0.2) is 9.13 Å². The maximum atomic E-state index is 2.51. The number of aromatic nitrogens is 2. The average molecular weight is 1160 g/mol. The SMILES string of the molecule is c1ccc(-n2c3ccccc3c3cc(-n4c5ccccc5c5cc(-c6c(-c7cccc(S(c8ccccc8)(c8ccccc8)c8ccccc8)c7)cccc6-c6cccc(S(c7ccccc7)(c7ccccc7)c7ccccc7)c6)ccc54)ccc32)cc1. The van der Waals surface area contributed by atoms with E-state index in [-0.39, 0.29) is 0 Å². The van der Waals surface area contributed by atoms with E-state index in [1.807, 2.05) is 0 Å². The van der Waals surface area contributed by atoms with Crippen LogP contribution < -0.4 is 0 Å². The normalized spacial score (nSPS) is 12.2. The molecule has 0 aliphatic carbocycles. The van der Waals surface area contributed by atoms with Crippen molar-refractivity contribution in [1.82, 2.24) is 9.13 Å². The summed E-state index contributed by atoms with van der Waals surface area (Å²) in [4.78, 5) is 10.3. The molecule has 88 heavy (non-hydrogen) atoms. The first-order valence-electron chi connectivity index (χ1n) is 30.1. The first kappa shape index (κ1) is 52.9. The van der Waals surface area contributed by atoms with Crippen LogP contribution in [0.1, 0.15) is 0 Å². The van der Waals surface area contributed by atoms with Gasteiger partial charge in [0.1, 0.15) is 0 Å². The van der Waals surface area contributed by atoms with Gasteiger partial charge in [-0.2, -0.15) is 0 Å². The first-order valence-corrected chi connectivity index (χ1v) is 33.4. The average Bonchev–Trinajstić information content (AvgIpc) is 2.71. The molecule has 0 radical (unpaired) electrons. The minimum atomic E-state index is -2.00. The molecule has 0 fully saturated rings. The van der Waals surface area contributed by atoms with E-state index in [0.717, 1.165) is 33.6 Å². The lowest BCUT2D eigenvalue weighted by molar-refractivity contribution is 1.17.